The van der Waals surface area contributed by atoms with E-state index < -0.39 is 0 Å². The van der Waals surface area contributed by atoms with Crippen molar-refractivity contribution in [3.63, 3.8) is 0 Å². The Bertz CT molecular complexity index is 522. The number of phenols is 2. The minimum absolute atomic E-state index is 0.242. The van der Waals surface area contributed by atoms with Gasteiger partial charge in [0.05, 0.1) is 0 Å². The van der Waals surface area contributed by atoms with Gasteiger partial charge in [0.1, 0.15) is 11.5 Å². The molecule has 0 bridgehead atoms. The van der Waals surface area contributed by atoms with E-state index in [1.54, 1.807) is 24.3 Å². The van der Waals surface area contributed by atoms with Crippen molar-refractivity contribution in [1.29, 1.82) is 0 Å². The monoisotopic (exact) mass is 225 g/mol. The Morgan fingerprint density at radius 1 is 0.824 bits per heavy atom. The van der Waals surface area contributed by atoms with Crippen molar-refractivity contribution >= 4 is 11.6 Å². The van der Waals surface area contributed by atoms with E-state index in [9.17, 15) is 10.2 Å². The molecule has 0 aliphatic heterocycles. The number of hydrogen-bond donors (Lipinski definition) is 2. The van der Waals surface area contributed by atoms with Crippen molar-refractivity contribution in [3.8, 4) is 11.5 Å². The van der Waals surface area contributed by atoms with E-state index >= 15 is 0 Å². The van der Waals surface area contributed by atoms with Gasteiger partial charge in [0.25, 0.3) is 0 Å². The molecular formula is C15H13O2. The van der Waals surface area contributed by atoms with Crippen LogP contribution in [0.2, 0.25) is 0 Å². The number of phenolic OH excluding ortho intramolecular Hbond substituents is 2. The van der Waals surface area contributed by atoms with Gasteiger partial charge in [0.2, 0.25) is 0 Å². The SMILES string of the molecule is [CH2]C(=Cc1ccc(O)cc1)c1ccc(O)cc1. The topological polar surface area (TPSA) is 40.5 Å². The van der Waals surface area contributed by atoms with Crippen LogP contribution in [0.4, 0.5) is 0 Å². The minimum atomic E-state index is 0.242. The van der Waals surface area contributed by atoms with E-state index in [-0.39, 0.29) is 11.5 Å². The molecule has 2 rings (SSSR count). The average molecular weight is 225 g/mol. The molecule has 0 aliphatic carbocycles. The molecule has 0 saturated heterocycles. The van der Waals surface area contributed by atoms with Gasteiger partial charge < -0.3 is 10.2 Å². The highest BCUT2D eigenvalue weighted by Gasteiger charge is 1.97. The van der Waals surface area contributed by atoms with Gasteiger partial charge >= 0.3 is 0 Å². The molecule has 0 heterocycles. The Kier molecular flexibility index (Phi) is 3.15. The van der Waals surface area contributed by atoms with Gasteiger partial charge in [0, 0.05) is 0 Å². The van der Waals surface area contributed by atoms with E-state index in [2.05, 4.69) is 6.92 Å². The lowest BCUT2D eigenvalue weighted by atomic mass is 10.0. The normalized spacial score (nSPS) is 11.5. The summed E-state index contributed by atoms with van der Waals surface area (Å²) in [7, 11) is 0. The van der Waals surface area contributed by atoms with E-state index in [1.165, 1.54) is 0 Å². The van der Waals surface area contributed by atoms with Crippen molar-refractivity contribution in [1.82, 2.24) is 0 Å². The Morgan fingerprint density at radius 3 is 1.82 bits per heavy atom. The van der Waals surface area contributed by atoms with Crippen molar-refractivity contribution in [2.24, 2.45) is 0 Å². The molecule has 85 valence electrons. The zero-order valence-corrected chi connectivity index (χ0v) is 9.30. The molecule has 2 nitrogen and oxygen atoms in total. The smallest absolute Gasteiger partial charge is 0.115 e. The van der Waals surface area contributed by atoms with Crippen LogP contribution in [-0.2, 0) is 0 Å². The molecule has 0 spiro atoms. The van der Waals surface area contributed by atoms with Crippen LogP contribution in [0.5, 0.6) is 11.5 Å². The molecule has 0 unspecified atom stereocenters. The maximum atomic E-state index is 9.19. The van der Waals surface area contributed by atoms with E-state index in [0.717, 1.165) is 16.7 Å². The maximum absolute atomic E-state index is 9.19. The first-order chi connectivity index (χ1) is 8.15. The summed E-state index contributed by atoms with van der Waals surface area (Å²) in [6.07, 6.45) is 1.92. The molecule has 2 heteroatoms. The zero-order valence-electron chi connectivity index (χ0n) is 9.30. The van der Waals surface area contributed by atoms with Crippen LogP contribution >= 0.6 is 0 Å². The van der Waals surface area contributed by atoms with Crippen LogP contribution in [0.15, 0.2) is 48.5 Å². The quantitative estimate of drug-likeness (QED) is 0.768. The number of benzene rings is 2. The van der Waals surface area contributed by atoms with E-state index in [0.29, 0.717) is 0 Å². The van der Waals surface area contributed by atoms with E-state index in [1.807, 2.05) is 30.3 Å². The number of allylic oxidation sites excluding steroid dienone is 1. The second-order valence-electron chi connectivity index (χ2n) is 3.81. The molecule has 0 fully saturated rings. The lowest BCUT2D eigenvalue weighted by Gasteiger charge is -2.02. The van der Waals surface area contributed by atoms with Gasteiger partial charge in [-0.3, -0.25) is 0 Å². The van der Waals surface area contributed by atoms with Crippen molar-refractivity contribution in [3.05, 3.63) is 66.6 Å². The second kappa shape index (κ2) is 4.74. The molecule has 2 N–H and O–H groups in total. The molecule has 0 atom stereocenters. The summed E-state index contributed by atoms with van der Waals surface area (Å²) in [5, 5.41) is 18.4. The zero-order chi connectivity index (χ0) is 12.3. The highest BCUT2D eigenvalue weighted by Crippen LogP contribution is 2.20. The Balaban J connectivity index is 2.27. The molecular weight excluding hydrogens is 212 g/mol. The molecule has 2 aromatic rings. The number of rotatable bonds is 2. The van der Waals surface area contributed by atoms with Crippen LogP contribution in [-0.4, -0.2) is 10.2 Å². The fourth-order valence-corrected chi connectivity index (χ4v) is 1.53. The summed E-state index contributed by atoms with van der Waals surface area (Å²) in [5.74, 6) is 0.489. The molecule has 1 radical (unpaired) electrons. The summed E-state index contributed by atoms with van der Waals surface area (Å²) >= 11 is 0. The highest BCUT2D eigenvalue weighted by molar-refractivity contribution is 5.83. The Hall–Kier alpha value is -2.22. The lowest BCUT2D eigenvalue weighted by molar-refractivity contribution is 0.474. The van der Waals surface area contributed by atoms with Gasteiger partial charge in [-0.05, 0) is 47.9 Å². The largest absolute Gasteiger partial charge is 0.508 e. The molecule has 0 saturated carbocycles. The van der Waals surface area contributed by atoms with Crippen LogP contribution < -0.4 is 0 Å². The first-order valence-electron chi connectivity index (χ1n) is 5.27. The fraction of sp³-hybridized carbons (Fsp3) is 0. The first-order valence-corrected chi connectivity index (χ1v) is 5.27. The van der Waals surface area contributed by atoms with Crippen molar-refractivity contribution in [2.45, 2.75) is 0 Å². The van der Waals surface area contributed by atoms with Gasteiger partial charge in [-0.2, -0.15) is 0 Å². The average Bonchev–Trinajstić information content (AvgIpc) is 2.33. The van der Waals surface area contributed by atoms with Crippen molar-refractivity contribution < 1.29 is 10.2 Å². The Labute approximate surface area is 100 Å². The summed E-state index contributed by atoms with van der Waals surface area (Å²) in [6, 6.07) is 13.8. The van der Waals surface area contributed by atoms with Gasteiger partial charge in [-0.25, -0.2) is 0 Å². The molecule has 17 heavy (non-hydrogen) atoms. The third-order valence-corrected chi connectivity index (χ3v) is 2.47. The second-order valence-corrected chi connectivity index (χ2v) is 3.81. The van der Waals surface area contributed by atoms with Crippen molar-refractivity contribution in [2.75, 3.05) is 0 Å². The molecule has 2 aromatic carbocycles. The summed E-state index contributed by atoms with van der Waals surface area (Å²) < 4.78 is 0. The fourth-order valence-electron chi connectivity index (χ4n) is 1.53. The third kappa shape index (κ3) is 2.88. The highest BCUT2D eigenvalue weighted by atomic mass is 16.3. The molecule has 0 aliphatic rings. The molecule has 0 aromatic heterocycles. The molecule has 0 amide bonds. The van der Waals surface area contributed by atoms with E-state index in [4.69, 9.17) is 0 Å². The summed E-state index contributed by atoms with van der Waals surface area (Å²) in [6.45, 7) is 3.97. The summed E-state index contributed by atoms with van der Waals surface area (Å²) in [4.78, 5) is 0. The summed E-state index contributed by atoms with van der Waals surface area (Å²) in [5.41, 5.74) is 2.78. The van der Waals surface area contributed by atoms with Gasteiger partial charge in [-0.1, -0.05) is 30.3 Å². The number of hydrogen-bond acceptors (Lipinski definition) is 2. The predicted molar refractivity (Wildman–Crippen MR) is 69.4 cm³/mol. The predicted octanol–water partition coefficient (Wildman–Crippen LogP) is 3.47. The Morgan fingerprint density at radius 2 is 1.29 bits per heavy atom. The van der Waals surface area contributed by atoms with Gasteiger partial charge in [-0.15, -0.1) is 0 Å². The van der Waals surface area contributed by atoms with Crippen LogP contribution in [0, 0.1) is 6.92 Å². The van der Waals surface area contributed by atoms with Gasteiger partial charge in [0.15, 0.2) is 0 Å². The third-order valence-electron chi connectivity index (χ3n) is 2.47. The van der Waals surface area contributed by atoms with Crippen LogP contribution in [0.25, 0.3) is 11.6 Å². The maximum Gasteiger partial charge on any atom is 0.115 e. The lowest BCUT2D eigenvalue weighted by Crippen LogP contribution is -1.79. The standard InChI is InChI=1S/C15H13O2/c1-11(13-4-8-15(17)9-5-13)10-12-2-6-14(16)7-3-12/h2-10,16-17H,1H2. The first kappa shape index (κ1) is 11.3. The number of aromatic hydroxyl groups is 2. The van der Waals surface area contributed by atoms with Crippen LogP contribution in [0.3, 0.4) is 0 Å². The minimum Gasteiger partial charge on any atom is -0.508 e. The van der Waals surface area contributed by atoms with Crippen LogP contribution in [0.1, 0.15) is 11.1 Å².